The lowest BCUT2D eigenvalue weighted by Crippen LogP contribution is -2.47. The summed E-state index contributed by atoms with van der Waals surface area (Å²) in [5.74, 6) is 1.45. The van der Waals surface area contributed by atoms with Crippen molar-refractivity contribution in [3.8, 4) is 0 Å². The number of carbonyl (C=O) groups is 1. The molecule has 3 aliphatic rings. The maximum Gasteiger partial charge on any atom is 0.241 e. The van der Waals surface area contributed by atoms with Gasteiger partial charge in [-0.3, -0.25) is 10.1 Å². The third-order valence-corrected chi connectivity index (χ3v) is 6.02. The summed E-state index contributed by atoms with van der Waals surface area (Å²) in [4.78, 5) is 15.3. The van der Waals surface area contributed by atoms with Crippen molar-refractivity contribution in [3.63, 3.8) is 0 Å². The van der Waals surface area contributed by atoms with E-state index in [2.05, 4.69) is 37.9 Å². The fourth-order valence-corrected chi connectivity index (χ4v) is 4.79. The van der Waals surface area contributed by atoms with Crippen LogP contribution >= 0.6 is 0 Å². The largest absolute Gasteiger partial charge is 0.322 e. The van der Waals surface area contributed by atoms with Gasteiger partial charge in [0.2, 0.25) is 5.91 Å². The summed E-state index contributed by atoms with van der Waals surface area (Å²) in [5, 5.41) is 3.71. The molecule has 0 aromatic heterocycles. The van der Waals surface area contributed by atoms with Crippen LogP contribution in [-0.4, -0.2) is 29.1 Å². The molecule has 3 atom stereocenters. The van der Waals surface area contributed by atoms with Gasteiger partial charge in [0, 0.05) is 6.04 Å². The Balaban J connectivity index is 1.81. The molecule has 21 heavy (non-hydrogen) atoms. The normalized spacial score (nSPS) is 37.1. The van der Waals surface area contributed by atoms with E-state index < -0.39 is 0 Å². The zero-order chi connectivity index (χ0) is 15.2. The number of nitrogens with zero attached hydrogens (tertiary/aromatic N) is 1. The molecule has 120 valence electrons. The molecule has 3 heteroatoms. The Morgan fingerprint density at radius 1 is 1.19 bits per heavy atom. The first-order valence-electron chi connectivity index (χ1n) is 8.97. The van der Waals surface area contributed by atoms with Crippen LogP contribution in [0.5, 0.6) is 0 Å². The summed E-state index contributed by atoms with van der Waals surface area (Å²) in [6, 6.07) is 0.508. The molecule has 0 bridgehead atoms. The molecule has 0 spiro atoms. The van der Waals surface area contributed by atoms with Crippen LogP contribution in [0, 0.1) is 17.3 Å². The van der Waals surface area contributed by atoms with Crippen molar-refractivity contribution < 1.29 is 4.79 Å². The SMILES string of the molecule is CC(C)C1NC(C2CCCC2)N(C2CCC(C)(C)C2)C1=O. The zero-order valence-electron chi connectivity index (χ0n) is 14.2. The van der Waals surface area contributed by atoms with Crippen molar-refractivity contribution in [2.24, 2.45) is 17.3 Å². The molecule has 0 radical (unpaired) electrons. The van der Waals surface area contributed by atoms with Crippen molar-refractivity contribution in [3.05, 3.63) is 0 Å². The Bertz CT molecular complexity index is 398. The van der Waals surface area contributed by atoms with E-state index in [1.54, 1.807) is 0 Å². The minimum absolute atomic E-state index is 0.0410. The minimum atomic E-state index is 0.0410. The van der Waals surface area contributed by atoms with Crippen molar-refractivity contribution in [2.45, 2.75) is 90.9 Å². The third kappa shape index (κ3) is 2.86. The van der Waals surface area contributed by atoms with Gasteiger partial charge in [-0.05, 0) is 49.4 Å². The lowest BCUT2D eigenvalue weighted by Gasteiger charge is -2.34. The highest BCUT2D eigenvalue weighted by atomic mass is 16.2. The molecule has 3 fully saturated rings. The number of hydrogen-bond donors (Lipinski definition) is 1. The standard InChI is InChI=1S/C18H32N2O/c1-12(2)15-17(21)20(14-9-10-18(3,4)11-14)16(19-15)13-7-5-6-8-13/h12-16,19H,5-11H2,1-4H3. The number of carbonyl (C=O) groups excluding carboxylic acids is 1. The molecular weight excluding hydrogens is 260 g/mol. The second-order valence-electron chi connectivity index (χ2n) is 8.68. The van der Waals surface area contributed by atoms with Gasteiger partial charge in [0.15, 0.2) is 0 Å². The van der Waals surface area contributed by atoms with E-state index in [4.69, 9.17) is 0 Å². The second-order valence-corrected chi connectivity index (χ2v) is 8.68. The number of amides is 1. The van der Waals surface area contributed by atoms with E-state index in [0.717, 1.165) is 0 Å². The first-order chi connectivity index (χ1) is 9.89. The maximum absolute atomic E-state index is 13.0. The molecule has 3 unspecified atom stereocenters. The van der Waals surface area contributed by atoms with Crippen LogP contribution in [0.3, 0.4) is 0 Å². The van der Waals surface area contributed by atoms with Gasteiger partial charge in [0.1, 0.15) is 0 Å². The van der Waals surface area contributed by atoms with Gasteiger partial charge < -0.3 is 4.90 Å². The molecule has 1 amide bonds. The highest BCUT2D eigenvalue weighted by Gasteiger charge is 2.49. The van der Waals surface area contributed by atoms with Crippen LogP contribution < -0.4 is 5.32 Å². The van der Waals surface area contributed by atoms with E-state index in [1.165, 1.54) is 44.9 Å². The fraction of sp³-hybridized carbons (Fsp3) is 0.944. The van der Waals surface area contributed by atoms with Crippen molar-refractivity contribution in [1.82, 2.24) is 10.2 Å². The van der Waals surface area contributed by atoms with Crippen LogP contribution in [-0.2, 0) is 4.79 Å². The van der Waals surface area contributed by atoms with Gasteiger partial charge >= 0.3 is 0 Å². The van der Waals surface area contributed by atoms with Gasteiger partial charge in [0.05, 0.1) is 12.2 Å². The van der Waals surface area contributed by atoms with Crippen LogP contribution in [0.2, 0.25) is 0 Å². The van der Waals surface area contributed by atoms with Crippen LogP contribution in [0.15, 0.2) is 0 Å². The zero-order valence-corrected chi connectivity index (χ0v) is 14.2. The quantitative estimate of drug-likeness (QED) is 0.863. The first kappa shape index (κ1) is 15.3. The van der Waals surface area contributed by atoms with Gasteiger partial charge in [-0.25, -0.2) is 0 Å². The monoisotopic (exact) mass is 292 g/mol. The number of rotatable bonds is 3. The van der Waals surface area contributed by atoms with E-state index >= 15 is 0 Å². The first-order valence-corrected chi connectivity index (χ1v) is 8.97. The predicted molar refractivity (Wildman–Crippen MR) is 85.8 cm³/mol. The summed E-state index contributed by atoms with van der Waals surface area (Å²) in [6.07, 6.45) is 9.20. The Morgan fingerprint density at radius 3 is 2.38 bits per heavy atom. The lowest BCUT2D eigenvalue weighted by atomic mass is 9.91. The van der Waals surface area contributed by atoms with Gasteiger partial charge in [-0.1, -0.05) is 40.5 Å². The van der Waals surface area contributed by atoms with Crippen LogP contribution in [0.25, 0.3) is 0 Å². The summed E-state index contributed by atoms with van der Waals surface area (Å²) in [6.45, 7) is 9.05. The smallest absolute Gasteiger partial charge is 0.241 e. The van der Waals surface area contributed by atoms with Crippen molar-refractivity contribution in [2.75, 3.05) is 0 Å². The third-order valence-electron chi connectivity index (χ3n) is 6.02. The highest BCUT2D eigenvalue weighted by Crippen LogP contribution is 2.43. The van der Waals surface area contributed by atoms with E-state index in [-0.39, 0.29) is 6.04 Å². The average molecular weight is 292 g/mol. The van der Waals surface area contributed by atoms with Crippen LogP contribution in [0.4, 0.5) is 0 Å². The molecule has 1 heterocycles. The summed E-state index contributed by atoms with van der Waals surface area (Å²) in [7, 11) is 0. The van der Waals surface area contributed by atoms with E-state index in [0.29, 0.717) is 35.4 Å². The minimum Gasteiger partial charge on any atom is -0.322 e. The molecule has 3 rings (SSSR count). The van der Waals surface area contributed by atoms with Crippen molar-refractivity contribution in [1.29, 1.82) is 0 Å². The summed E-state index contributed by atoms with van der Waals surface area (Å²) < 4.78 is 0. The molecule has 1 N–H and O–H groups in total. The molecular formula is C18H32N2O. The molecule has 3 nitrogen and oxygen atoms in total. The summed E-state index contributed by atoms with van der Waals surface area (Å²) in [5.41, 5.74) is 0.404. The molecule has 1 saturated heterocycles. The topological polar surface area (TPSA) is 32.3 Å². The average Bonchev–Trinajstić information content (AvgIpc) is 3.07. The molecule has 2 saturated carbocycles. The molecule has 0 aromatic carbocycles. The Kier molecular flexibility index (Phi) is 4.06. The van der Waals surface area contributed by atoms with Gasteiger partial charge in [-0.2, -0.15) is 0 Å². The highest BCUT2D eigenvalue weighted by molar-refractivity contribution is 5.85. The Labute approximate surface area is 129 Å². The van der Waals surface area contributed by atoms with Crippen LogP contribution in [0.1, 0.15) is 72.6 Å². The predicted octanol–water partition coefficient (Wildman–Crippen LogP) is 3.54. The molecule has 0 aromatic rings. The molecule has 1 aliphatic heterocycles. The van der Waals surface area contributed by atoms with E-state index in [1.807, 2.05) is 0 Å². The van der Waals surface area contributed by atoms with Gasteiger partial charge in [0.25, 0.3) is 0 Å². The Hall–Kier alpha value is -0.570. The summed E-state index contributed by atoms with van der Waals surface area (Å²) >= 11 is 0. The lowest BCUT2D eigenvalue weighted by molar-refractivity contribution is -0.133. The number of nitrogens with one attached hydrogen (secondary N) is 1. The second kappa shape index (κ2) is 5.57. The van der Waals surface area contributed by atoms with Gasteiger partial charge in [-0.15, -0.1) is 0 Å². The maximum atomic E-state index is 13.0. The molecule has 2 aliphatic carbocycles. The Morgan fingerprint density at radius 2 is 1.86 bits per heavy atom. The van der Waals surface area contributed by atoms with Crippen molar-refractivity contribution >= 4 is 5.91 Å². The fourth-order valence-electron chi connectivity index (χ4n) is 4.79. The van der Waals surface area contributed by atoms with E-state index in [9.17, 15) is 4.79 Å². The number of hydrogen-bond acceptors (Lipinski definition) is 2.